The molecule has 0 spiro atoms. The van der Waals surface area contributed by atoms with E-state index in [0.717, 1.165) is 6.07 Å². The summed E-state index contributed by atoms with van der Waals surface area (Å²) < 4.78 is 26.3. The second kappa shape index (κ2) is 7.19. The van der Waals surface area contributed by atoms with Crippen molar-refractivity contribution >= 4 is 5.91 Å². The maximum atomic E-state index is 13.5. The first-order valence-electron chi connectivity index (χ1n) is 6.38. The van der Waals surface area contributed by atoms with Crippen LogP contribution in [0.15, 0.2) is 18.2 Å². The molecule has 1 N–H and O–H groups in total. The van der Waals surface area contributed by atoms with E-state index in [1.807, 2.05) is 6.92 Å². The summed E-state index contributed by atoms with van der Waals surface area (Å²) in [6.07, 6.45) is 0.359. The van der Waals surface area contributed by atoms with Crippen LogP contribution in [0.4, 0.5) is 8.78 Å². The number of nitrogens with zero attached hydrogens (tertiary/aromatic N) is 1. The van der Waals surface area contributed by atoms with Crippen LogP contribution in [-0.4, -0.2) is 30.9 Å². The summed E-state index contributed by atoms with van der Waals surface area (Å²) in [5, 5.41) is 3.06. The van der Waals surface area contributed by atoms with Crippen LogP contribution >= 0.6 is 0 Å². The minimum atomic E-state index is -0.590. The Morgan fingerprint density at radius 2 is 2.11 bits per heavy atom. The number of carbonyl (C=O) groups is 1. The number of carbonyl (C=O) groups excluding carboxylic acids is 1. The van der Waals surface area contributed by atoms with E-state index < -0.39 is 11.6 Å². The molecule has 0 bridgehead atoms. The van der Waals surface area contributed by atoms with E-state index in [9.17, 15) is 13.6 Å². The summed E-state index contributed by atoms with van der Waals surface area (Å²) in [5.41, 5.74) is 0.401. The van der Waals surface area contributed by atoms with Gasteiger partial charge in [0.05, 0.1) is 0 Å². The van der Waals surface area contributed by atoms with E-state index in [2.05, 4.69) is 5.32 Å². The number of nitrogens with one attached hydrogen (secondary N) is 1. The SMILES string of the molecule is CCN(C)C(=O)CCN[C@@H](C)c1ccc(F)cc1F. The smallest absolute Gasteiger partial charge is 0.223 e. The van der Waals surface area contributed by atoms with Crippen molar-refractivity contribution < 1.29 is 13.6 Å². The minimum Gasteiger partial charge on any atom is -0.346 e. The molecule has 0 saturated heterocycles. The van der Waals surface area contributed by atoms with Gasteiger partial charge in [-0.25, -0.2) is 8.78 Å². The molecule has 0 unspecified atom stereocenters. The van der Waals surface area contributed by atoms with Crippen molar-refractivity contribution in [2.24, 2.45) is 0 Å². The van der Waals surface area contributed by atoms with Gasteiger partial charge >= 0.3 is 0 Å². The third-order valence-electron chi connectivity index (χ3n) is 3.12. The molecule has 0 aromatic heterocycles. The molecule has 19 heavy (non-hydrogen) atoms. The largest absolute Gasteiger partial charge is 0.346 e. The summed E-state index contributed by atoms with van der Waals surface area (Å²) in [4.78, 5) is 13.2. The lowest BCUT2D eigenvalue weighted by molar-refractivity contribution is -0.129. The molecule has 3 nitrogen and oxygen atoms in total. The van der Waals surface area contributed by atoms with E-state index in [-0.39, 0.29) is 11.9 Å². The molecule has 1 aromatic carbocycles. The number of halogens is 2. The van der Waals surface area contributed by atoms with Crippen molar-refractivity contribution in [2.75, 3.05) is 20.1 Å². The third kappa shape index (κ3) is 4.59. The van der Waals surface area contributed by atoms with Crippen LogP contribution in [0.5, 0.6) is 0 Å². The van der Waals surface area contributed by atoms with Gasteiger partial charge in [0.15, 0.2) is 0 Å². The predicted octanol–water partition coefficient (Wildman–Crippen LogP) is 2.48. The maximum absolute atomic E-state index is 13.5. The Kier molecular flexibility index (Phi) is 5.89. The summed E-state index contributed by atoms with van der Waals surface area (Å²) in [5.74, 6) is -1.12. The van der Waals surface area contributed by atoms with Crippen molar-refractivity contribution in [1.29, 1.82) is 0 Å². The molecular weight excluding hydrogens is 250 g/mol. The minimum absolute atomic E-state index is 0.0433. The number of hydrogen-bond acceptors (Lipinski definition) is 2. The van der Waals surface area contributed by atoms with Gasteiger partial charge in [-0.15, -0.1) is 0 Å². The van der Waals surface area contributed by atoms with Crippen LogP contribution in [0.25, 0.3) is 0 Å². The Morgan fingerprint density at radius 3 is 2.68 bits per heavy atom. The number of hydrogen-bond donors (Lipinski definition) is 1. The summed E-state index contributed by atoms with van der Waals surface area (Å²) in [6.45, 7) is 4.81. The zero-order chi connectivity index (χ0) is 14.4. The first-order chi connectivity index (χ1) is 8.95. The molecule has 1 amide bonds. The van der Waals surface area contributed by atoms with E-state index >= 15 is 0 Å². The lowest BCUT2D eigenvalue weighted by Crippen LogP contribution is -2.30. The number of benzene rings is 1. The fourth-order valence-corrected chi connectivity index (χ4v) is 1.73. The Morgan fingerprint density at radius 1 is 1.42 bits per heavy atom. The van der Waals surface area contributed by atoms with Gasteiger partial charge in [0, 0.05) is 44.2 Å². The third-order valence-corrected chi connectivity index (χ3v) is 3.12. The average Bonchev–Trinajstić information content (AvgIpc) is 2.37. The lowest BCUT2D eigenvalue weighted by Gasteiger charge is -2.17. The molecular formula is C14H20F2N2O. The zero-order valence-corrected chi connectivity index (χ0v) is 11.5. The van der Waals surface area contributed by atoms with Crippen LogP contribution in [-0.2, 0) is 4.79 Å². The van der Waals surface area contributed by atoms with Gasteiger partial charge in [-0.05, 0) is 19.9 Å². The molecule has 0 radical (unpaired) electrons. The van der Waals surface area contributed by atoms with Gasteiger partial charge in [-0.1, -0.05) is 6.07 Å². The lowest BCUT2D eigenvalue weighted by atomic mass is 10.1. The Hall–Kier alpha value is -1.49. The highest BCUT2D eigenvalue weighted by molar-refractivity contribution is 5.75. The topological polar surface area (TPSA) is 32.3 Å². The van der Waals surface area contributed by atoms with Gasteiger partial charge in [0.1, 0.15) is 11.6 Å². The fourth-order valence-electron chi connectivity index (χ4n) is 1.73. The van der Waals surface area contributed by atoms with Crippen molar-refractivity contribution in [3.63, 3.8) is 0 Å². The van der Waals surface area contributed by atoms with E-state index in [4.69, 9.17) is 0 Å². The van der Waals surface area contributed by atoms with Gasteiger partial charge in [-0.2, -0.15) is 0 Å². The summed E-state index contributed by atoms with van der Waals surface area (Å²) in [7, 11) is 1.74. The van der Waals surface area contributed by atoms with Gasteiger partial charge < -0.3 is 10.2 Å². The van der Waals surface area contributed by atoms with Gasteiger partial charge in [0.2, 0.25) is 5.91 Å². The Labute approximate surface area is 112 Å². The molecule has 0 fully saturated rings. The normalized spacial score (nSPS) is 12.3. The molecule has 106 valence electrons. The quantitative estimate of drug-likeness (QED) is 0.861. The predicted molar refractivity (Wildman–Crippen MR) is 70.7 cm³/mol. The average molecular weight is 270 g/mol. The molecule has 1 aromatic rings. The van der Waals surface area contributed by atoms with Crippen LogP contribution in [0.1, 0.15) is 31.9 Å². The molecule has 5 heteroatoms. The van der Waals surface area contributed by atoms with Crippen molar-refractivity contribution in [1.82, 2.24) is 10.2 Å². The highest BCUT2D eigenvalue weighted by Crippen LogP contribution is 2.17. The first-order valence-corrected chi connectivity index (χ1v) is 6.38. The zero-order valence-electron chi connectivity index (χ0n) is 11.5. The monoisotopic (exact) mass is 270 g/mol. The van der Waals surface area contributed by atoms with Crippen molar-refractivity contribution in [3.8, 4) is 0 Å². The van der Waals surface area contributed by atoms with Crippen molar-refractivity contribution in [2.45, 2.75) is 26.3 Å². The van der Waals surface area contributed by atoms with E-state index in [1.165, 1.54) is 12.1 Å². The van der Waals surface area contributed by atoms with Gasteiger partial charge in [0.25, 0.3) is 0 Å². The number of amides is 1. The highest BCUT2D eigenvalue weighted by Gasteiger charge is 2.12. The van der Waals surface area contributed by atoms with Crippen LogP contribution < -0.4 is 5.32 Å². The van der Waals surface area contributed by atoms with Gasteiger partial charge in [-0.3, -0.25) is 4.79 Å². The van der Waals surface area contributed by atoms with Crippen molar-refractivity contribution in [3.05, 3.63) is 35.4 Å². The Balaban J connectivity index is 2.47. The molecule has 1 rings (SSSR count). The summed E-state index contributed by atoms with van der Waals surface area (Å²) in [6, 6.07) is 3.25. The molecule has 0 aliphatic carbocycles. The fraction of sp³-hybridized carbons (Fsp3) is 0.500. The van der Waals surface area contributed by atoms with E-state index in [0.29, 0.717) is 25.1 Å². The van der Waals surface area contributed by atoms with E-state index in [1.54, 1.807) is 18.9 Å². The second-order valence-electron chi connectivity index (χ2n) is 4.50. The first kappa shape index (κ1) is 15.6. The maximum Gasteiger partial charge on any atom is 0.223 e. The standard InChI is InChI=1S/C14H20F2N2O/c1-4-18(3)14(19)7-8-17-10(2)12-6-5-11(15)9-13(12)16/h5-6,9-10,17H,4,7-8H2,1-3H3/t10-/m0/s1. The molecule has 1 atom stereocenters. The highest BCUT2D eigenvalue weighted by atomic mass is 19.1. The van der Waals surface area contributed by atoms with Crippen LogP contribution in [0.3, 0.4) is 0 Å². The summed E-state index contributed by atoms with van der Waals surface area (Å²) >= 11 is 0. The number of rotatable bonds is 6. The molecule has 0 aliphatic rings. The Bertz CT molecular complexity index is 437. The van der Waals surface area contributed by atoms with Crippen LogP contribution in [0, 0.1) is 11.6 Å². The molecule has 0 heterocycles. The second-order valence-corrected chi connectivity index (χ2v) is 4.50. The molecule has 0 saturated carbocycles. The molecule has 0 aliphatic heterocycles. The van der Waals surface area contributed by atoms with Crippen LogP contribution in [0.2, 0.25) is 0 Å².